The van der Waals surface area contributed by atoms with E-state index in [1.54, 1.807) is 7.11 Å². The Balaban J connectivity index is 0.00000121. The number of halogens is 1. The molecule has 1 unspecified atom stereocenters. The second-order valence-corrected chi connectivity index (χ2v) is 3.74. The van der Waals surface area contributed by atoms with Crippen LogP contribution in [0.3, 0.4) is 0 Å². The molecule has 0 aromatic carbocycles. The third-order valence-electron chi connectivity index (χ3n) is 2.23. The van der Waals surface area contributed by atoms with Crippen LogP contribution in [0.15, 0.2) is 0 Å². The fourth-order valence-corrected chi connectivity index (χ4v) is 2.26. The summed E-state index contributed by atoms with van der Waals surface area (Å²) in [5, 5.41) is 1.49. The van der Waals surface area contributed by atoms with Crippen molar-refractivity contribution in [1.82, 2.24) is 0 Å². The minimum absolute atomic E-state index is 0. The molecule has 0 aromatic heterocycles. The Labute approximate surface area is 95.8 Å². The van der Waals surface area contributed by atoms with E-state index in [9.17, 15) is 0 Å². The Bertz CT molecular complexity index is 172. The molecule has 0 saturated carbocycles. The fraction of sp³-hybridized carbons (Fsp3) is 0.875. The van der Waals surface area contributed by atoms with Crippen molar-refractivity contribution in [2.45, 2.75) is 18.9 Å². The SMILES string of the molecule is COCC1CCC(SC)=[N+]1C.[I-]. The minimum atomic E-state index is 0. The first-order chi connectivity index (χ1) is 5.29. The molecule has 0 saturated heterocycles. The Morgan fingerprint density at radius 1 is 1.67 bits per heavy atom. The lowest BCUT2D eigenvalue weighted by molar-refractivity contribution is -0.530. The summed E-state index contributed by atoms with van der Waals surface area (Å²) in [5.41, 5.74) is 0. The second kappa shape index (κ2) is 6.21. The highest BCUT2D eigenvalue weighted by atomic mass is 127. The second-order valence-electron chi connectivity index (χ2n) is 2.86. The smallest absolute Gasteiger partial charge is 0.210 e. The third-order valence-corrected chi connectivity index (χ3v) is 3.19. The summed E-state index contributed by atoms with van der Waals surface area (Å²) >= 11 is 1.86. The first kappa shape index (κ1) is 12.7. The molecular formula is C8H16INOS. The van der Waals surface area contributed by atoms with Gasteiger partial charge in [-0.15, -0.1) is 0 Å². The van der Waals surface area contributed by atoms with E-state index in [2.05, 4.69) is 17.9 Å². The maximum Gasteiger partial charge on any atom is 0.210 e. The molecular weight excluding hydrogens is 285 g/mol. The standard InChI is InChI=1S/C8H16NOS.HI/c1-9-7(6-10-2)4-5-8(9)11-3;/h7H,4-6H2,1-3H3;1H/q+1;/p-1. The zero-order chi connectivity index (χ0) is 8.27. The van der Waals surface area contributed by atoms with Crippen molar-refractivity contribution < 1.29 is 33.3 Å². The fourth-order valence-electron chi connectivity index (χ4n) is 1.50. The largest absolute Gasteiger partial charge is 1.00 e. The van der Waals surface area contributed by atoms with Gasteiger partial charge in [-0.3, -0.25) is 0 Å². The van der Waals surface area contributed by atoms with Crippen molar-refractivity contribution in [3.63, 3.8) is 0 Å². The van der Waals surface area contributed by atoms with E-state index in [1.165, 1.54) is 17.9 Å². The summed E-state index contributed by atoms with van der Waals surface area (Å²) in [4.78, 5) is 0. The normalized spacial score (nSPS) is 22.8. The van der Waals surface area contributed by atoms with Gasteiger partial charge in [0.1, 0.15) is 13.7 Å². The molecule has 12 heavy (non-hydrogen) atoms. The Morgan fingerprint density at radius 2 is 2.33 bits per heavy atom. The molecule has 0 N–H and O–H groups in total. The Morgan fingerprint density at radius 3 is 2.75 bits per heavy atom. The van der Waals surface area contributed by atoms with Crippen LogP contribution < -0.4 is 24.0 Å². The lowest BCUT2D eigenvalue weighted by Gasteiger charge is -2.04. The van der Waals surface area contributed by atoms with Crippen LogP contribution in [0, 0.1) is 0 Å². The number of ether oxygens (including phenoxy) is 1. The topological polar surface area (TPSA) is 12.2 Å². The highest BCUT2D eigenvalue weighted by molar-refractivity contribution is 8.13. The molecule has 0 aliphatic carbocycles. The molecule has 72 valence electrons. The summed E-state index contributed by atoms with van der Waals surface area (Å²) in [6.45, 7) is 0.862. The highest BCUT2D eigenvalue weighted by Crippen LogP contribution is 2.17. The number of thioether (sulfide) groups is 1. The average Bonchev–Trinajstić information content (AvgIpc) is 2.34. The van der Waals surface area contributed by atoms with Crippen LogP contribution in [0.25, 0.3) is 0 Å². The van der Waals surface area contributed by atoms with Gasteiger partial charge < -0.3 is 28.7 Å². The molecule has 1 rings (SSSR count). The van der Waals surface area contributed by atoms with Gasteiger partial charge in [-0.1, -0.05) is 11.8 Å². The van der Waals surface area contributed by atoms with Crippen LogP contribution in [0.5, 0.6) is 0 Å². The number of nitrogens with zero attached hydrogens (tertiary/aromatic N) is 1. The first-order valence-corrected chi connectivity index (χ1v) is 5.13. The van der Waals surface area contributed by atoms with Crippen molar-refractivity contribution in [3.8, 4) is 0 Å². The van der Waals surface area contributed by atoms with Gasteiger partial charge in [-0.05, 0) is 6.26 Å². The Kier molecular flexibility index (Phi) is 6.57. The monoisotopic (exact) mass is 301 g/mol. The first-order valence-electron chi connectivity index (χ1n) is 3.91. The summed E-state index contributed by atoms with van der Waals surface area (Å²) in [5.74, 6) is 0. The zero-order valence-corrected chi connectivity index (χ0v) is 10.8. The van der Waals surface area contributed by atoms with Crippen LogP contribution in [-0.2, 0) is 4.74 Å². The van der Waals surface area contributed by atoms with Crippen molar-refractivity contribution in [3.05, 3.63) is 0 Å². The van der Waals surface area contributed by atoms with E-state index in [4.69, 9.17) is 4.74 Å². The zero-order valence-electron chi connectivity index (χ0n) is 7.84. The van der Waals surface area contributed by atoms with E-state index in [1.807, 2.05) is 11.8 Å². The third kappa shape index (κ3) is 2.88. The van der Waals surface area contributed by atoms with Crippen LogP contribution in [0.2, 0.25) is 0 Å². The molecule has 4 heteroatoms. The number of hydrogen-bond donors (Lipinski definition) is 0. The van der Waals surface area contributed by atoms with Crippen molar-refractivity contribution in [1.29, 1.82) is 0 Å². The summed E-state index contributed by atoms with van der Waals surface area (Å²) < 4.78 is 7.47. The molecule has 1 aliphatic rings. The predicted molar refractivity (Wildman–Crippen MR) is 49.6 cm³/mol. The summed E-state index contributed by atoms with van der Waals surface area (Å²) in [7, 11) is 3.92. The van der Waals surface area contributed by atoms with Crippen molar-refractivity contribution in [2.24, 2.45) is 0 Å². The molecule has 0 spiro atoms. The summed E-state index contributed by atoms with van der Waals surface area (Å²) in [6.07, 6.45) is 4.62. The van der Waals surface area contributed by atoms with E-state index >= 15 is 0 Å². The van der Waals surface area contributed by atoms with Gasteiger partial charge in [0.25, 0.3) is 0 Å². The van der Waals surface area contributed by atoms with Crippen molar-refractivity contribution in [2.75, 3.05) is 27.0 Å². The molecule has 0 amide bonds. The predicted octanol–water partition coefficient (Wildman–Crippen LogP) is -1.80. The van der Waals surface area contributed by atoms with Gasteiger partial charge in [0.2, 0.25) is 5.04 Å². The van der Waals surface area contributed by atoms with E-state index in [-0.39, 0.29) is 24.0 Å². The lowest BCUT2D eigenvalue weighted by Crippen LogP contribution is -3.00. The van der Waals surface area contributed by atoms with Crippen molar-refractivity contribution >= 4 is 16.8 Å². The van der Waals surface area contributed by atoms with E-state index in [0.29, 0.717) is 6.04 Å². The average molecular weight is 301 g/mol. The molecule has 0 radical (unpaired) electrons. The molecule has 0 aromatic rings. The maximum atomic E-state index is 5.12. The van der Waals surface area contributed by atoms with Crippen LogP contribution in [0.4, 0.5) is 0 Å². The van der Waals surface area contributed by atoms with Gasteiger partial charge >= 0.3 is 0 Å². The Hall–Kier alpha value is 0.710. The quantitative estimate of drug-likeness (QED) is 0.441. The lowest BCUT2D eigenvalue weighted by atomic mass is 10.2. The van der Waals surface area contributed by atoms with E-state index in [0.717, 1.165) is 6.61 Å². The van der Waals surface area contributed by atoms with Gasteiger partial charge in [0.05, 0.1) is 0 Å². The van der Waals surface area contributed by atoms with Gasteiger partial charge in [0, 0.05) is 20.0 Å². The molecule has 1 aliphatic heterocycles. The highest BCUT2D eigenvalue weighted by Gasteiger charge is 2.28. The minimum Gasteiger partial charge on any atom is -1.00 e. The number of methoxy groups -OCH3 is 1. The molecule has 0 fully saturated rings. The van der Waals surface area contributed by atoms with Crippen LogP contribution in [0.1, 0.15) is 12.8 Å². The van der Waals surface area contributed by atoms with Crippen LogP contribution >= 0.6 is 11.8 Å². The number of likely N-dealkylation sites (N-methyl/N-ethyl adjacent to an activating group) is 1. The summed E-state index contributed by atoms with van der Waals surface area (Å²) in [6, 6.07) is 0.613. The van der Waals surface area contributed by atoms with Gasteiger partial charge in [-0.2, -0.15) is 0 Å². The molecule has 0 bridgehead atoms. The molecule has 2 nitrogen and oxygen atoms in total. The molecule has 1 heterocycles. The number of hydrogen-bond acceptors (Lipinski definition) is 2. The number of rotatable bonds is 2. The van der Waals surface area contributed by atoms with Gasteiger partial charge in [0.15, 0.2) is 6.04 Å². The van der Waals surface area contributed by atoms with Gasteiger partial charge in [-0.25, -0.2) is 4.58 Å². The van der Waals surface area contributed by atoms with Crippen LogP contribution in [-0.4, -0.2) is 42.7 Å². The maximum absolute atomic E-state index is 5.12. The van der Waals surface area contributed by atoms with E-state index < -0.39 is 0 Å². The molecule has 1 atom stereocenters.